The van der Waals surface area contributed by atoms with Crippen LogP contribution in [0, 0.1) is 6.04 Å². The summed E-state index contributed by atoms with van der Waals surface area (Å²) in [5, 5.41) is 4.26. The lowest BCUT2D eigenvalue weighted by molar-refractivity contribution is 0.779. The predicted octanol–water partition coefficient (Wildman–Crippen LogP) is 2.65. The van der Waals surface area contributed by atoms with Gasteiger partial charge in [-0.05, 0) is 49.4 Å². The maximum absolute atomic E-state index is 6.16. The molecule has 1 radical (unpaired) electrons. The summed E-state index contributed by atoms with van der Waals surface area (Å²) in [6.45, 7) is 1.60. The Hall–Kier alpha value is -0.570. The molecule has 1 fully saturated rings. The standard InChI is InChI=1S/C13H18ClN2/c14-13-6-3-10(2-1-7-15)8-11(13)9-16-12-4-5-12/h3,6,8,16H,1-2,4-5,7,9,15H2. The van der Waals surface area contributed by atoms with Crippen LogP contribution in [0.15, 0.2) is 18.2 Å². The second kappa shape index (κ2) is 5.67. The summed E-state index contributed by atoms with van der Waals surface area (Å²) in [4.78, 5) is 0. The fourth-order valence-electron chi connectivity index (χ4n) is 1.68. The van der Waals surface area contributed by atoms with E-state index in [0.29, 0.717) is 0 Å². The molecule has 0 spiro atoms. The fourth-order valence-corrected chi connectivity index (χ4v) is 1.87. The van der Waals surface area contributed by atoms with Crippen LogP contribution in [0.25, 0.3) is 0 Å². The average Bonchev–Trinajstić information content (AvgIpc) is 3.10. The number of nitrogens with two attached hydrogens (primary N) is 1. The maximum Gasteiger partial charge on any atom is 0.0451 e. The number of aryl methyl sites for hydroxylation is 1. The fraction of sp³-hybridized carbons (Fsp3) is 0.462. The van der Waals surface area contributed by atoms with E-state index in [-0.39, 0.29) is 0 Å². The van der Waals surface area contributed by atoms with E-state index in [1.165, 1.54) is 30.0 Å². The van der Waals surface area contributed by atoms with E-state index in [1.54, 1.807) is 0 Å². The second-order valence-corrected chi connectivity index (χ2v) is 4.68. The third-order valence-corrected chi connectivity index (χ3v) is 3.18. The zero-order chi connectivity index (χ0) is 11.4. The summed E-state index contributed by atoms with van der Waals surface area (Å²) < 4.78 is 0. The molecular formula is C13H18ClN2. The first-order chi connectivity index (χ1) is 7.79. The van der Waals surface area contributed by atoms with Crippen LogP contribution < -0.4 is 11.1 Å². The van der Waals surface area contributed by atoms with Crippen molar-refractivity contribution in [3.63, 3.8) is 0 Å². The summed E-state index contributed by atoms with van der Waals surface area (Å²) in [6, 6.07) is 7.71. The van der Waals surface area contributed by atoms with E-state index < -0.39 is 0 Å². The highest BCUT2D eigenvalue weighted by molar-refractivity contribution is 6.31. The van der Waals surface area contributed by atoms with Gasteiger partial charge in [0.05, 0.1) is 0 Å². The minimum Gasteiger partial charge on any atom is -0.330 e. The van der Waals surface area contributed by atoms with Gasteiger partial charge in [-0.25, -0.2) is 0 Å². The van der Waals surface area contributed by atoms with E-state index >= 15 is 0 Å². The zero-order valence-corrected chi connectivity index (χ0v) is 10.2. The van der Waals surface area contributed by atoms with Gasteiger partial charge in [-0.2, -0.15) is 0 Å². The van der Waals surface area contributed by atoms with Crippen LogP contribution in [-0.2, 0) is 13.0 Å². The van der Waals surface area contributed by atoms with Crippen LogP contribution in [0.2, 0.25) is 5.02 Å². The minimum atomic E-state index is 0.744. The van der Waals surface area contributed by atoms with E-state index in [4.69, 9.17) is 17.3 Å². The molecule has 87 valence electrons. The van der Waals surface area contributed by atoms with Crippen LogP contribution >= 0.6 is 11.6 Å². The molecule has 0 aliphatic heterocycles. The van der Waals surface area contributed by atoms with Gasteiger partial charge in [0.2, 0.25) is 0 Å². The van der Waals surface area contributed by atoms with Gasteiger partial charge >= 0.3 is 0 Å². The van der Waals surface area contributed by atoms with Crippen molar-refractivity contribution >= 4 is 11.6 Å². The predicted molar refractivity (Wildman–Crippen MR) is 68.1 cm³/mol. The molecule has 0 bridgehead atoms. The van der Waals surface area contributed by atoms with Gasteiger partial charge in [0.1, 0.15) is 0 Å². The van der Waals surface area contributed by atoms with Crippen LogP contribution in [-0.4, -0.2) is 6.54 Å². The molecule has 0 amide bonds. The third-order valence-electron chi connectivity index (χ3n) is 2.81. The van der Waals surface area contributed by atoms with E-state index in [1.807, 2.05) is 6.07 Å². The van der Waals surface area contributed by atoms with Crippen molar-refractivity contribution in [1.29, 1.82) is 0 Å². The molecule has 1 aliphatic carbocycles. The Morgan fingerprint density at radius 2 is 2.12 bits per heavy atom. The molecule has 1 saturated carbocycles. The lowest BCUT2D eigenvalue weighted by atomic mass is 10.1. The van der Waals surface area contributed by atoms with Gasteiger partial charge < -0.3 is 11.1 Å². The van der Waals surface area contributed by atoms with Crippen molar-refractivity contribution in [1.82, 2.24) is 5.32 Å². The molecule has 3 heteroatoms. The monoisotopic (exact) mass is 237 g/mol. The Morgan fingerprint density at radius 1 is 1.31 bits per heavy atom. The summed E-state index contributed by atoms with van der Waals surface area (Å²) in [7, 11) is 0. The maximum atomic E-state index is 6.16. The third kappa shape index (κ3) is 3.48. The number of hydrogen-bond acceptors (Lipinski definition) is 2. The Kier molecular flexibility index (Phi) is 4.22. The van der Waals surface area contributed by atoms with Gasteiger partial charge in [-0.1, -0.05) is 23.7 Å². The van der Waals surface area contributed by atoms with Crippen LogP contribution in [0.4, 0.5) is 0 Å². The Labute approximate surface area is 102 Å². The minimum absolute atomic E-state index is 0.744. The van der Waals surface area contributed by atoms with Crippen molar-refractivity contribution in [3.05, 3.63) is 40.4 Å². The lowest BCUT2D eigenvalue weighted by Crippen LogP contribution is -2.10. The molecule has 0 unspecified atom stereocenters. The van der Waals surface area contributed by atoms with Crippen molar-refractivity contribution in [2.24, 2.45) is 5.73 Å². The molecule has 3 N–H and O–H groups in total. The first-order valence-electron chi connectivity index (χ1n) is 5.85. The summed E-state index contributed by atoms with van der Waals surface area (Å²) in [5.41, 5.74) is 8.03. The smallest absolute Gasteiger partial charge is 0.0451 e. The largest absolute Gasteiger partial charge is 0.330 e. The van der Waals surface area contributed by atoms with E-state index in [2.05, 4.69) is 17.4 Å². The van der Waals surface area contributed by atoms with E-state index in [0.717, 1.165) is 31.0 Å². The Balaban J connectivity index is 1.96. The van der Waals surface area contributed by atoms with Crippen LogP contribution in [0.5, 0.6) is 0 Å². The molecular weight excluding hydrogens is 220 g/mol. The van der Waals surface area contributed by atoms with Gasteiger partial charge in [-0.15, -0.1) is 0 Å². The number of halogens is 1. The number of hydrogen-bond donors (Lipinski definition) is 2. The van der Waals surface area contributed by atoms with E-state index in [9.17, 15) is 0 Å². The highest BCUT2D eigenvalue weighted by Crippen LogP contribution is 2.29. The quantitative estimate of drug-likeness (QED) is 0.798. The van der Waals surface area contributed by atoms with Crippen molar-refractivity contribution < 1.29 is 0 Å². The number of nitrogens with one attached hydrogen (secondary N) is 1. The normalized spacial score (nSPS) is 15.4. The molecule has 0 heterocycles. The lowest BCUT2D eigenvalue weighted by Gasteiger charge is -2.08. The first kappa shape index (κ1) is 11.9. The van der Waals surface area contributed by atoms with Crippen molar-refractivity contribution in [2.45, 2.75) is 32.2 Å². The van der Waals surface area contributed by atoms with Gasteiger partial charge in [0, 0.05) is 17.6 Å². The summed E-state index contributed by atoms with van der Waals surface area (Å²) in [6.07, 6.45) is 4.53. The van der Waals surface area contributed by atoms with Crippen molar-refractivity contribution in [3.8, 4) is 0 Å². The summed E-state index contributed by atoms with van der Waals surface area (Å²) >= 11 is 6.16. The van der Waals surface area contributed by atoms with Gasteiger partial charge in [0.15, 0.2) is 0 Å². The molecule has 1 aromatic carbocycles. The first-order valence-corrected chi connectivity index (χ1v) is 6.23. The second-order valence-electron chi connectivity index (χ2n) is 4.28. The number of benzene rings is 1. The number of rotatable bonds is 6. The van der Waals surface area contributed by atoms with Crippen LogP contribution in [0.1, 0.15) is 30.4 Å². The van der Waals surface area contributed by atoms with Gasteiger partial charge in [0.25, 0.3) is 0 Å². The average molecular weight is 238 g/mol. The Morgan fingerprint density at radius 3 is 2.81 bits per heavy atom. The van der Waals surface area contributed by atoms with Gasteiger partial charge in [-0.3, -0.25) is 0 Å². The SMILES string of the molecule is NCCCc1ccc(Cl)c(CN[C]2CC2)c1. The molecule has 2 nitrogen and oxygen atoms in total. The van der Waals surface area contributed by atoms with Crippen LogP contribution in [0.3, 0.4) is 0 Å². The molecule has 0 atom stereocenters. The molecule has 0 saturated heterocycles. The molecule has 1 aromatic rings. The Bertz CT molecular complexity index is 348. The zero-order valence-electron chi connectivity index (χ0n) is 9.43. The molecule has 16 heavy (non-hydrogen) atoms. The topological polar surface area (TPSA) is 38.0 Å². The highest BCUT2D eigenvalue weighted by Gasteiger charge is 2.21. The highest BCUT2D eigenvalue weighted by atomic mass is 35.5. The van der Waals surface area contributed by atoms with Crippen molar-refractivity contribution in [2.75, 3.05) is 6.54 Å². The molecule has 1 aliphatic rings. The molecule has 2 rings (SSSR count). The molecule has 0 aromatic heterocycles. The summed E-state index contributed by atoms with van der Waals surface area (Å²) in [5.74, 6) is 0.